The number of ether oxygens (including phenoxy) is 1. The van der Waals surface area contributed by atoms with Crippen LogP contribution in [0.15, 0.2) is 87.8 Å². The number of carbonyl (C=O) groups is 2. The number of benzene rings is 2. The predicted octanol–water partition coefficient (Wildman–Crippen LogP) is 3.73. The van der Waals surface area contributed by atoms with Crippen molar-refractivity contribution < 1.29 is 35.9 Å². The van der Waals surface area contributed by atoms with E-state index in [0.29, 0.717) is 22.6 Å². The van der Waals surface area contributed by atoms with Crippen LogP contribution in [0.25, 0.3) is 5.69 Å². The Labute approximate surface area is 238 Å². The average Bonchev–Trinajstić information content (AvgIpc) is 3.22. The second kappa shape index (κ2) is 13.3. The summed E-state index contributed by atoms with van der Waals surface area (Å²) >= 11 is 6.60. The quantitative estimate of drug-likeness (QED) is 0.120. The minimum Gasteiger partial charge on any atom is -1.00 e. The summed E-state index contributed by atoms with van der Waals surface area (Å²) in [6, 6.07) is 21.5. The molecule has 0 radical (unpaired) electrons. The molecule has 0 unspecified atom stereocenters. The highest BCUT2D eigenvalue weighted by atomic mass is 79.9. The molecule has 0 atom stereocenters. The van der Waals surface area contributed by atoms with Crippen molar-refractivity contribution in [2.45, 2.75) is 30.2 Å². The van der Waals surface area contributed by atoms with Crippen LogP contribution in [0.1, 0.15) is 38.8 Å². The standard InChI is InChI=1S/C28H25BrNO3S2.BrH/c1-3-33-24(31)17-23-25(30-15-13-19(2)14-16-30)28(34-18-20-9-11-22(29)12-10-20)35-27(23)26(32)21-7-5-4-6-8-21;/h4-16H,3,17-18H2,1-2H3;1H/q+1;/p-1. The summed E-state index contributed by atoms with van der Waals surface area (Å²) in [5.74, 6) is 0.315. The van der Waals surface area contributed by atoms with Gasteiger partial charge in [-0.3, -0.25) is 9.59 Å². The molecule has 8 heteroatoms. The number of pyridine rings is 1. The van der Waals surface area contributed by atoms with Crippen LogP contribution < -0.4 is 21.5 Å². The number of thioether (sulfide) groups is 1. The number of hydrogen-bond acceptors (Lipinski definition) is 5. The number of aryl methyl sites for hydroxylation is 1. The Bertz CT molecular complexity index is 1320. The summed E-state index contributed by atoms with van der Waals surface area (Å²) in [6.45, 7) is 4.12. The molecule has 2 aromatic carbocycles. The molecule has 0 fully saturated rings. The first kappa shape index (κ1) is 28.3. The lowest BCUT2D eigenvalue weighted by molar-refractivity contribution is -0.598. The molecule has 0 aliphatic heterocycles. The van der Waals surface area contributed by atoms with E-state index in [-0.39, 0.29) is 35.2 Å². The summed E-state index contributed by atoms with van der Waals surface area (Å²) in [6.07, 6.45) is 3.99. The van der Waals surface area contributed by atoms with E-state index in [9.17, 15) is 9.59 Å². The van der Waals surface area contributed by atoms with E-state index in [2.05, 4.69) is 28.1 Å². The number of thiophene rings is 1. The van der Waals surface area contributed by atoms with Crippen molar-refractivity contribution in [3.63, 3.8) is 0 Å². The molecule has 36 heavy (non-hydrogen) atoms. The minimum atomic E-state index is -0.342. The van der Waals surface area contributed by atoms with Gasteiger partial charge in [0.1, 0.15) is 4.21 Å². The second-order valence-electron chi connectivity index (χ2n) is 7.92. The molecule has 0 bridgehead atoms. The molecule has 186 valence electrons. The molecular weight excluding hydrogens is 622 g/mol. The van der Waals surface area contributed by atoms with Crippen LogP contribution in [0.3, 0.4) is 0 Å². The Morgan fingerprint density at radius 3 is 2.31 bits per heavy atom. The van der Waals surface area contributed by atoms with Gasteiger partial charge in [-0.1, -0.05) is 58.4 Å². The van der Waals surface area contributed by atoms with E-state index >= 15 is 0 Å². The fourth-order valence-electron chi connectivity index (χ4n) is 3.60. The Morgan fingerprint density at radius 1 is 1.00 bits per heavy atom. The first-order valence-electron chi connectivity index (χ1n) is 11.2. The van der Waals surface area contributed by atoms with Gasteiger partial charge in [-0.25, -0.2) is 0 Å². The summed E-state index contributed by atoms with van der Waals surface area (Å²) in [5.41, 5.74) is 4.48. The molecule has 0 spiro atoms. The van der Waals surface area contributed by atoms with Gasteiger partial charge in [0.25, 0.3) is 0 Å². The van der Waals surface area contributed by atoms with Gasteiger partial charge in [-0.15, -0.1) is 23.1 Å². The maximum absolute atomic E-state index is 13.6. The van der Waals surface area contributed by atoms with Gasteiger partial charge in [-0.2, -0.15) is 4.57 Å². The molecule has 2 aromatic heterocycles. The molecule has 0 saturated heterocycles. The largest absolute Gasteiger partial charge is 1.00 e. The van der Waals surface area contributed by atoms with E-state index in [1.165, 1.54) is 16.9 Å². The number of rotatable bonds is 9. The number of halogens is 2. The summed E-state index contributed by atoms with van der Waals surface area (Å²) in [5, 5.41) is 0. The van der Waals surface area contributed by atoms with Gasteiger partial charge in [0, 0.05) is 27.9 Å². The molecule has 4 rings (SSSR count). The third-order valence-electron chi connectivity index (χ3n) is 5.35. The number of aromatic nitrogens is 1. The number of hydrogen-bond donors (Lipinski definition) is 0. The molecule has 0 aliphatic rings. The van der Waals surface area contributed by atoms with Crippen molar-refractivity contribution in [2.75, 3.05) is 6.61 Å². The SMILES string of the molecule is CCOC(=O)Cc1c(C(=O)c2ccccc2)sc(SCc2ccc(Br)cc2)c1-[n+]1ccc(C)cc1.[Br-]. The first-order valence-corrected chi connectivity index (χ1v) is 13.8. The molecular formula is C28H25Br2NO3S2. The van der Waals surface area contributed by atoms with Crippen molar-refractivity contribution >= 4 is 50.8 Å². The van der Waals surface area contributed by atoms with Gasteiger partial charge in [-0.05, 0) is 37.1 Å². The smallest absolute Gasteiger partial charge is 0.310 e. The molecule has 0 saturated carbocycles. The second-order valence-corrected chi connectivity index (χ2v) is 11.1. The number of esters is 1. The van der Waals surface area contributed by atoms with E-state index in [1.807, 2.05) is 78.5 Å². The normalized spacial score (nSPS) is 10.5. The monoisotopic (exact) mass is 645 g/mol. The summed E-state index contributed by atoms with van der Waals surface area (Å²) < 4.78 is 9.30. The topological polar surface area (TPSA) is 47.3 Å². The van der Waals surface area contributed by atoms with Gasteiger partial charge < -0.3 is 21.7 Å². The number of carbonyl (C=O) groups excluding carboxylic acids is 2. The fourth-order valence-corrected chi connectivity index (χ4v) is 6.39. The molecule has 4 aromatic rings. The summed E-state index contributed by atoms with van der Waals surface area (Å²) in [7, 11) is 0. The third-order valence-corrected chi connectivity index (χ3v) is 8.43. The molecule has 2 heterocycles. The minimum absolute atomic E-state index is 0. The van der Waals surface area contributed by atoms with Crippen LogP contribution in [0, 0.1) is 6.92 Å². The van der Waals surface area contributed by atoms with Crippen LogP contribution >= 0.6 is 39.0 Å². The van der Waals surface area contributed by atoms with E-state index in [1.54, 1.807) is 18.7 Å². The van der Waals surface area contributed by atoms with Crippen LogP contribution in [0.2, 0.25) is 0 Å². The Morgan fingerprint density at radius 2 is 1.67 bits per heavy atom. The lowest BCUT2D eigenvalue weighted by atomic mass is 10.0. The zero-order chi connectivity index (χ0) is 24.8. The predicted molar refractivity (Wildman–Crippen MR) is 145 cm³/mol. The zero-order valence-corrected chi connectivity index (χ0v) is 24.7. The first-order chi connectivity index (χ1) is 17.0. The Balaban J connectivity index is 0.00000361. The molecule has 0 N–H and O–H groups in total. The number of nitrogens with zero attached hydrogens (tertiary/aromatic N) is 1. The van der Waals surface area contributed by atoms with E-state index in [0.717, 1.165) is 25.7 Å². The third kappa shape index (κ3) is 6.94. The fraction of sp³-hybridized carbons (Fsp3) is 0.179. The van der Waals surface area contributed by atoms with Crippen LogP contribution in [0.5, 0.6) is 0 Å². The van der Waals surface area contributed by atoms with Crippen LogP contribution in [-0.2, 0) is 21.7 Å². The highest BCUT2D eigenvalue weighted by molar-refractivity contribution is 9.10. The highest BCUT2D eigenvalue weighted by Crippen LogP contribution is 2.40. The van der Waals surface area contributed by atoms with Crippen molar-refractivity contribution in [1.29, 1.82) is 0 Å². The Kier molecular flexibility index (Phi) is 10.5. The van der Waals surface area contributed by atoms with Gasteiger partial charge in [0.2, 0.25) is 11.5 Å². The van der Waals surface area contributed by atoms with Gasteiger partial charge in [0.05, 0.1) is 23.5 Å². The Hall–Kier alpha value is -2.26. The van der Waals surface area contributed by atoms with E-state index in [4.69, 9.17) is 4.74 Å². The molecule has 4 nitrogen and oxygen atoms in total. The van der Waals surface area contributed by atoms with Crippen molar-refractivity contribution in [3.05, 3.63) is 111 Å². The maximum atomic E-state index is 13.6. The van der Waals surface area contributed by atoms with Crippen LogP contribution in [0.4, 0.5) is 0 Å². The van der Waals surface area contributed by atoms with Crippen LogP contribution in [-0.4, -0.2) is 18.4 Å². The van der Waals surface area contributed by atoms with Crippen molar-refractivity contribution in [3.8, 4) is 5.69 Å². The highest BCUT2D eigenvalue weighted by Gasteiger charge is 2.31. The van der Waals surface area contributed by atoms with Crippen molar-refractivity contribution in [1.82, 2.24) is 0 Å². The lowest BCUT2D eigenvalue weighted by Gasteiger charge is -2.06. The van der Waals surface area contributed by atoms with Gasteiger partial charge in [0.15, 0.2) is 12.4 Å². The summed E-state index contributed by atoms with van der Waals surface area (Å²) in [4.78, 5) is 26.8. The van der Waals surface area contributed by atoms with Crippen molar-refractivity contribution in [2.24, 2.45) is 0 Å². The zero-order valence-electron chi connectivity index (χ0n) is 19.9. The van der Waals surface area contributed by atoms with Gasteiger partial charge >= 0.3 is 5.97 Å². The molecule has 0 amide bonds. The lowest BCUT2D eigenvalue weighted by Crippen LogP contribution is -3.00. The number of ketones is 1. The maximum Gasteiger partial charge on any atom is 0.310 e. The van der Waals surface area contributed by atoms with E-state index < -0.39 is 0 Å². The molecule has 0 aliphatic carbocycles. The average molecular weight is 647 g/mol.